The van der Waals surface area contributed by atoms with Gasteiger partial charge in [0, 0.05) is 12.0 Å². The smallest absolute Gasteiger partial charge is 0.237 e. The molecule has 1 unspecified atom stereocenters. The van der Waals surface area contributed by atoms with Crippen LogP contribution in [-0.4, -0.2) is 43.4 Å². The Morgan fingerprint density at radius 2 is 1.88 bits per heavy atom. The SMILES string of the molecule is CC(N)(CCCCSCCS(C)(=O)=O)C(N)=O. The largest absolute Gasteiger partial charge is 0.368 e. The number of unbranched alkanes of at least 4 members (excludes halogenated alkanes) is 1. The number of hydrogen-bond acceptors (Lipinski definition) is 5. The van der Waals surface area contributed by atoms with E-state index in [2.05, 4.69) is 0 Å². The van der Waals surface area contributed by atoms with Gasteiger partial charge in [0.15, 0.2) is 0 Å². The average Bonchev–Trinajstić information content (AvgIpc) is 2.14. The molecule has 0 aromatic carbocycles. The number of thioether (sulfide) groups is 1. The summed E-state index contributed by atoms with van der Waals surface area (Å²) in [6.45, 7) is 1.63. The number of carbonyl (C=O) groups is 1. The quantitative estimate of drug-likeness (QED) is 0.585. The Balaban J connectivity index is 3.51. The summed E-state index contributed by atoms with van der Waals surface area (Å²) in [5.74, 6) is 1.23. The Morgan fingerprint density at radius 1 is 1.29 bits per heavy atom. The fourth-order valence-electron chi connectivity index (χ4n) is 1.13. The molecule has 1 atom stereocenters. The van der Waals surface area contributed by atoms with Crippen LogP contribution in [0.3, 0.4) is 0 Å². The Kier molecular flexibility index (Phi) is 7.11. The van der Waals surface area contributed by atoms with Crippen LogP contribution in [0.4, 0.5) is 0 Å². The van der Waals surface area contributed by atoms with E-state index >= 15 is 0 Å². The molecule has 0 heterocycles. The second kappa shape index (κ2) is 7.23. The molecule has 0 bridgehead atoms. The molecule has 5 nitrogen and oxygen atoms in total. The molecular weight excluding hydrogens is 260 g/mol. The molecule has 0 aliphatic rings. The number of carbonyl (C=O) groups excluding carboxylic acids is 1. The van der Waals surface area contributed by atoms with Crippen molar-refractivity contribution in [3.63, 3.8) is 0 Å². The van der Waals surface area contributed by atoms with Gasteiger partial charge in [0.25, 0.3) is 0 Å². The fourth-order valence-corrected chi connectivity index (χ4v) is 3.43. The number of primary amides is 1. The maximum Gasteiger partial charge on any atom is 0.237 e. The summed E-state index contributed by atoms with van der Waals surface area (Å²) in [6, 6.07) is 0. The Bertz CT molecular complexity index is 339. The third-order valence-electron chi connectivity index (χ3n) is 2.40. The summed E-state index contributed by atoms with van der Waals surface area (Å²) in [5.41, 5.74) is 9.91. The van der Waals surface area contributed by atoms with E-state index in [9.17, 15) is 13.2 Å². The highest BCUT2D eigenvalue weighted by molar-refractivity contribution is 8.00. The van der Waals surface area contributed by atoms with Crippen LogP contribution in [0.5, 0.6) is 0 Å². The Morgan fingerprint density at radius 3 is 2.35 bits per heavy atom. The van der Waals surface area contributed by atoms with Gasteiger partial charge in [-0.05, 0) is 25.5 Å². The Hall–Kier alpha value is -0.270. The molecule has 0 aromatic rings. The van der Waals surface area contributed by atoms with Crippen molar-refractivity contribution < 1.29 is 13.2 Å². The number of amides is 1. The van der Waals surface area contributed by atoms with Crippen molar-refractivity contribution in [1.82, 2.24) is 0 Å². The lowest BCUT2D eigenvalue weighted by molar-refractivity contribution is -0.122. The normalized spacial score (nSPS) is 15.5. The minimum absolute atomic E-state index is 0.216. The lowest BCUT2D eigenvalue weighted by Crippen LogP contribution is -2.49. The minimum Gasteiger partial charge on any atom is -0.368 e. The zero-order chi connectivity index (χ0) is 13.5. The van der Waals surface area contributed by atoms with E-state index in [1.165, 1.54) is 6.26 Å². The molecule has 4 N–H and O–H groups in total. The minimum atomic E-state index is -2.85. The zero-order valence-corrected chi connectivity index (χ0v) is 12.1. The van der Waals surface area contributed by atoms with Gasteiger partial charge in [-0.15, -0.1) is 0 Å². The highest BCUT2D eigenvalue weighted by atomic mass is 32.2. The van der Waals surface area contributed by atoms with Crippen molar-refractivity contribution in [2.24, 2.45) is 11.5 Å². The topological polar surface area (TPSA) is 103 Å². The van der Waals surface area contributed by atoms with Crippen molar-refractivity contribution in [3.05, 3.63) is 0 Å². The fraction of sp³-hybridized carbons (Fsp3) is 0.900. The monoisotopic (exact) mass is 282 g/mol. The molecular formula is C10H22N2O3S2. The summed E-state index contributed by atoms with van der Waals surface area (Å²) in [6.07, 6.45) is 3.53. The predicted molar refractivity (Wildman–Crippen MR) is 72.7 cm³/mol. The van der Waals surface area contributed by atoms with E-state index in [0.717, 1.165) is 18.6 Å². The third kappa shape index (κ3) is 9.43. The maximum absolute atomic E-state index is 10.9. The lowest BCUT2D eigenvalue weighted by Gasteiger charge is -2.19. The van der Waals surface area contributed by atoms with Gasteiger partial charge >= 0.3 is 0 Å². The van der Waals surface area contributed by atoms with Crippen LogP contribution in [0.1, 0.15) is 26.2 Å². The molecule has 17 heavy (non-hydrogen) atoms. The van der Waals surface area contributed by atoms with E-state index in [1.54, 1.807) is 18.7 Å². The lowest BCUT2D eigenvalue weighted by atomic mass is 9.96. The molecule has 0 aliphatic heterocycles. The van der Waals surface area contributed by atoms with Gasteiger partial charge in [0.1, 0.15) is 9.84 Å². The van der Waals surface area contributed by atoms with Crippen LogP contribution in [0, 0.1) is 0 Å². The van der Waals surface area contributed by atoms with Crippen LogP contribution < -0.4 is 11.5 Å². The molecule has 0 fully saturated rings. The first-order valence-electron chi connectivity index (χ1n) is 5.49. The van der Waals surface area contributed by atoms with E-state index < -0.39 is 21.3 Å². The predicted octanol–water partition coefficient (Wildman–Crippen LogP) is 0.137. The van der Waals surface area contributed by atoms with E-state index in [-0.39, 0.29) is 5.75 Å². The summed E-state index contributed by atoms with van der Waals surface area (Å²) in [7, 11) is -2.85. The number of hydrogen-bond donors (Lipinski definition) is 2. The number of sulfone groups is 1. The molecule has 0 rings (SSSR count). The maximum atomic E-state index is 10.9. The first-order valence-corrected chi connectivity index (χ1v) is 8.71. The molecule has 1 amide bonds. The third-order valence-corrected chi connectivity index (χ3v) is 4.67. The zero-order valence-electron chi connectivity index (χ0n) is 10.4. The van der Waals surface area contributed by atoms with Crippen LogP contribution in [0.15, 0.2) is 0 Å². The van der Waals surface area contributed by atoms with Gasteiger partial charge in [-0.1, -0.05) is 6.42 Å². The summed E-state index contributed by atoms with van der Waals surface area (Å²) >= 11 is 1.60. The van der Waals surface area contributed by atoms with E-state index in [1.807, 2.05) is 0 Å². The second-order valence-corrected chi connectivity index (χ2v) is 7.97. The summed E-state index contributed by atoms with van der Waals surface area (Å²) in [4.78, 5) is 10.9. The highest BCUT2D eigenvalue weighted by Gasteiger charge is 2.24. The second-order valence-electron chi connectivity index (χ2n) is 4.48. The van der Waals surface area contributed by atoms with Crippen molar-refractivity contribution in [2.45, 2.75) is 31.7 Å². The van der Waals surface area contributed by atoms with Crippen molar-refractivity contribution in [1.29, 1.82) is 0 Å². The van der Waals surface area contributed by atoms with Gasteiger partial charge in [-0.2, -0.15) is 11.8 Å². The molecule has 0 aliphatic carbocycles. The van der Waals surface area contributed by atoms with Crippen molar-refractivity contribution in [3.8, 4) is 0 Å². The summed E-state index contributed by atoms with van der Waals surface area (Å²) in [5, 5.41) is 0. The number of rotatable bonds is 9. The van der Waals surface area contributed by atoms with Crippen LogP contribution >= 0.6 is 11.8 Å². The molecule has 102 valence electrons. The molecule has 0 spiro atoms. The van der Waals surface area contributed by atoms with Gasteiger partial charge in [-0.25, -0.2) is 8.42 Å². The van der Waals surface area contributed by atoms with Gasteiger partial charge in [-0.3, -0.25) is 4.79 Å². The van der Waals surface area contributed by atoms with Gasteiger partial charge < -0.3 is 11.5 Å². The van der Waals surface area contributed by atoms with Gasteiger partial charge in [0.2, 0.25) is 5.91 Å². The van der Waals surface area contributed by atoms with Crippen LogP contribution in [0.25, 0.3) is 0 Å². The number of nitrogens with two attached hydrogens (primary N) is 2. The van der Waals surface area contributed by atoms with Crippen molar-refractivity contribution >= 4 is 27.5 Å². The standard InChI is InChI=1S/C10H22N2O3S2/c1-10(12,9(11)13)5-3-4-6-16-7-8-17(2,14)15/h3-8,12H2,1-2H3,(H2,11,13). The van der Waals surface area contributed by atoms with E-state index in [0.29, 0.717) is 12.2 Å². The van der Waals surface area contributed by atoms with Crippen LogP contribution in [0.2, 0.25) is 0 Å². The van der Waals surface area contributed by atoms with Crippen molar-refractivity contribution in [2.75, 3.05) is 23.5 Å². The molecule has 7 heteroatoms. The van der Waals surface area contributed by atoms with Gasteiger partial charge in [0.05, 0.1) is 11.3 Å². The van der Waals surface area contributed by atoms with E-state index in [4.69, 9.17) is 11.5 Å². The summed E-state index contributed by atoms with van der Waals surface area (Å²) < 4.78 is 21.7. The molecule has 0 aromatic heterocycles. The van der Waals surface area contributed by atoms with Crippen LogP contribution in [-0.2, 0) is 14.6 Å². The highest BCUT2D eigenvalue weighted by Crippen LogP contribution is 2.13. The first kappa shape index (κ1) is 16.7. The first-order chi connectivity index (χ1) is 7.65. The molecule has 0 radical (unpaired) electrons. The molecule has 0 saturated heterocycles. The molecule has 0 saturated carbocycles. The average molecular weight is 282 g/mol. The Labute approximate surface area is 108 Å².